The normalized spacial score (nSPS) is 20.7. The summed E-state index contributed by atoms with van der Waals surface area (Å²) in [5.41, 5.74) is 1.42. The summed E-state index contributed by atoms with van der Waals surface area (Å²) in [5, 5.41) is 2.61. The van der Waals surface area contributed by atoms with Gasteiger partial charge in [-0.1, -0.05) is 56.1 Å². The van der Waals surface area contributed by atoms with E-state index in [0.29, 0.717) is 11.1 Å². The van der Waals surface area contributed by atoms with Crippen LogP contribution in [0.1, 0.15) is 52.2 Å². The number of rotatable bonds is 17. The summed E-state index contributed by atoms with van der Waals surface area (Å²) < 4.78 is 53.4. The molecule has 1 saturated heterocycles. The van der Waals surface area contributed by atoms with Gasteiger partial charge in [-0.05, 0) is 35.4 Å². The Hall–Kier alpha value is -3.51. The first kappa shape index (κ1) is 43.9. The Morgan fingerprint density at radius 3 is 1.77 bits per heavy atom. The van der Waals surface area contributed by atoms with E-state index >= 15 is 0 Å². The van der Waals surface area contributed by atoms with Gasteiger partial charge >= 0.3 is 38.4 Å². The molecule has 290 valence electrons. The summed E-state index contributed by atoms with van der Waals surface area (Å²) in [4.78, 5) is 75.6. The Bertz CT molecular complexity index is 1550. The first-order chi connectivity index (χ1) is 25.0. The molecule has 16 nitrogen and oxygen atoms in total. The van der Waals surface area contributed by atoms with Crippen molar-refractivity contribution in [2.75, 3.05) is 13.7 Å². The zero-order valence-corrected chi connectivity index (χ0v) is 33.7. The summed E-state index contributed by atoms with van der Waals surface area (Å²) in [6, 6.07) is 12.9. The second-order valence-electron chi connectivity index (χ2n) is 11.5. The SMILES string of the molecule is COC(=O)[C@]1(OP(OCc2ccc(Br)cc2)OCc2ccc(Br)cc2)C[C@@H](OC(C)=O)[C@@H](NC(C)=O)C([C@H](OC(C)=O)[C@@H](COC(C)=O)OC(C)=O)O1. The molecule has 0 bridgehead atoms. The summed E-state index contributed by atoms with van der Waals surface area (Å²) in [5.74, 6) is -7.73. The maximum absolute atomic E-state index is 13.9. The van der Waals surface area contributed by atoms with Crippen molar-refractivity contribution in [2.24, 2.45) is 0 Å². The molecule has 0 aliphatic carbocycles. The minimum atomic E-state index is -2.54. The van der Waals surface area contributed by atoms with Gasteiger partial charge in [0.2, 0.25) is 5.91 Å². The number of hydrogen-bond acceptors (Lipinski definition) is 15. The third kappa shape index (κ3) is 14.0. The largest absolute Gasteiger partial charge is 0.465 e. The van der Waals surface area contributed by atoms with Crippen LogP contribution in [0.3, 0.4) is 0 Å². The molecule has 1 heterocycles. The predicted molar refractivity (Wildman–Crippen MR) is 191 cm³/mol. The molecule has 0 radical (unpaired) electrons. The molecule has 1 fully saturated rings. The van der Waals surface area contributed by atoms with Gasteiger partial charge in [-0.3, -0.25) is 28.5 Å². The van der Waals surface area contributed by atoms with Gasteiger partial charge in [-0.25, -0.2) is 4.79 Å². The molecule has 2 aromatic rings. The van der Waals surface area contributed by atoms with Gasteiger partial charge in [-0.2, -0.15) is 0 Å². The highest BCUT2D eigenvalue weighted by Crippen LogP contribution is 2.50. The molecular formula is C34H40Br2NO15P. The Morgan fingerprint density at radius 2 is 1.34 bits per heavy atom. The molecular weight excluding hydrogens is 853 g/mol. The lowest BCUT2D eigenvalue weighted by Gasteiger charge is -2.48. The van der Waals surface area contributed by atoms with E-state index in [9.17, 15) is 28.8 Å². The van der Waals surface area contributed by atoms with Gasteiger partial charge in [0.25, 0.3) is 5.79 Å². The molecule has 3 rings (SSSR count). The van der Waals surface area contributed by atoms with E-state index in [-0.39, 0.29) is 13.2 Å². The van der Waals surface area contributed by atoms with Crippen LogP contribution >= 0.6 is 40.5 Å². The fraction of sp³-hybridized carbons (Fsp3) is 0.471. The van der Waals surface area contributed by atoms with Crippen LogP contribution in [0, 0.1) is 0 Å². The number of ether oxygens (including phenoxy) is 6. The monoisotopic (exact) mass is 891 g/mol. The van der Waals surface area contributed by atoms with Crippen LogP contribution in [-0.2, 0) is 84.0 Å². The first-order valence-electron chi connectivity index (χ1n) is 15.9. The third-order valence-electron chi connectivity index (χ3n) is 7.22. The molecule has 0 saturated carbocycles. The van der Waals surface area contributed by atoms with Gasteiger partial charge in [0.05, 0.1) is 32.8 Å². The number of nitrogens with one attached hydrogen (secondary N) is 1. The van der Waals surface area contributed by atoms with Gasteiger partial charge in [-0.15, -0.1) is 0 Å². The van der Waals surface area contributed by atoms with Gasteiger partial charge in [0.15, 0.2) is 12.2 Å². The van der Waals surface area contributed by atoms with Crippen LogP contribution in [0.5, 0.6) is 0 Å². The fourth-order valence-electron chi connectivity index (χ4n) is 5.12. The highest BCUT2D eigenvalue weighted by molar-refractivity contribution is 9.10. The van der Waals surface area contributed by atoms with Crippen molar-refractivity contribution in [3.8, 4) is 0 Å². The lowest BCUT2D eigenvalue weighted by Crippen LogP contribution is -2.69. The summed E-state index contributed by atoms with van der Waals surface area (Å²) >= 11 is 6.78. The maximum Gasteiger partial charge on any atom is 0.367 e. The van der Waals surface area contributed by atoms with Crippen molar-refractivity contribution in [1.82, 2.24) is 5.32 Å². The average molecular weight is 893 g/mol. The topological polar surface area (TPSA) is 198 Å². The second-order valence-corrected chi connectivity index (χ2v) is 14.5. The molecule has 0 aromatic heterocycles. The van der Waals surface area contributed by atoms with Crippen LogP contribution in [0.2, 0.25) is 0 Å². The van der Waals surface area contributed by atoms with E-state index in [1.807, 2.05) is 0 Å². The molecule has 1 aliphatic heterocycles. The lowest BCUT2D eigenvalue weighted by atomic mass is 9.88. The van der Waals surface area contributed by atoms with Crippen molar-refractivity contribution in [1.29, 1.82) is 0 Å². The van der Waals surface area contributed by atoms with Crippen molar-refractivity contribution in [3.05, 3.63) is 68.6 Å². The minimum Gasteiger partial charge on any atom is -0.465 e. The first-order valence-corrected chi connectivity index (χ1v) is 18.6. The summed E-state index contributed by atoms with van der Waals surface area (Å²) in [6.45, 7) is 4.68. The van der Waals surface area contributed by atoms with Crippen LogP contribution < -0.4 is 5.32 Å². The van der Waals surface area contributed by atoms with Crippen molar-refractivity contribution in [3.63, 3.8) is 0 Å². The number of hydrogen-bond donors (Lipinski definition) is 1. The van der Waals surface area contributed by atoms with Crippen LogP contribution in [0.15, 0.2) is 57.5 Å². The van der Waals surface area contributed by atoms with E-state index < -0.39 is 93.6 Å². The van der Waals surface area contributed by atoms with Crippen LogP contribution in [0.4, 0.5) is 0 Å². The predicted octanol–water partition coefficient (Wildman–Crippen LogP) is 4.71. The van der Waals surface area contributed by atoms with E-state index in [4.69, 9.17) is 42.0 Å². The average Bonchev–Trinajstić information content (AvgIpc) is 3.08. The van der Waals surface area contributed by atoms with Gasteiger partial charge in [0, 0.05) is 43.6 Å². The number of amides is 1. The zero-order valence-electron chi connectivity index (χ0n) is 29.7. The summed E-state index contributed by atoms with van der Waals surface area (Å²) in [6.07, 6.45) is -7.05. The highest BCUT2D eigenvalue weighted by atomic mass is 79.9. The minimum absolute atomic E-state index is 0.0606. The maximum atomic E-state index is 13.9. The molecule has 53 heavy (non-hydrogen) atoms. The van der Waals surface area contributed by atoms with Crippen molar-refractivity contribution < 1.29 is 70.8 Å². The van der Waals surface area contributed by atoms with Crippen LogP contribution in [-0.4, -0.2) is 85.7 Å². The molecule has 6 atom stereocenters. The fourth-order valence-corrected chi connectivity index (χ4v) is 6.77. The van der Waals surface area contributed by atoms with E-state index in [2.05, 4.69) is 37.2 Å². The van der Waals surface area contributed by atoms with E-state index in [1.54, 1.807) is 48.5 Å². The Kier molecular flexibility index (Phi) is 17.2. The number of methoxy groups -OCH3 is 1. The molecule has 1 amide bonds. The number of carbonyl (C=O) groups is 6. The molecule has 19 heteroatoms. The quantitative estimate of drug-likeness (QED) is 0.130. The molecule has 1 N–H and O–H groups in total. The number of esters is 5. The molecule has 2 aromatic carbocycles. The molecule has 0 spiro atoms. The Morgan fingerprint density at radius 1 is 0.811 bits per heavy atom. The standard InChI is InChI=1S/C34H40Br2NO15P/c1-19(38)37-30-28(48-21(3)40)15-34(33(43)44-6,51-32(30)31(50-23(5)42)29(49-22(4)41)18-45-20(2)39)52-53(46-16-24-7-11-26(35)12-8-24)47-17-25-9-13-27(36)14-10-25/h7-14,28-32H,15-18H2,1-6H3,(H,37,38)/t28-,29-,30-,31-,32?,34-/m1/s1. The van der Waals surface area contributed by atoms with Crippen molar-refractivity contribution in [2.45, 2.75) is 90.5 Å². The van der Waals surface area contributed by atoms with Gasteiger partial charge < -0.3 is 42.8 Å². The Balaban J connectivity index is 2.18. The van der Waals surface area contributed by atoms with Crippen molar-refractivity contribution >= 4 is 76.2 Å². The van der Waals surface area contributed by atoms with E-state index in [0.717, 1.165) is 50.7 Å². The molecule has 1 unspecified atom stereocenters. The van der Waals surface area contributed by atoms with E-state index in [1.165, 1.54) is 0 Å². The number of benzene rings is 2. The summed E-state index contributed by atoms with van der Waals surface area (Å²) in [7, 11) is -1.49. The lowest BCUT2D eigenvalue weighted by molar-refractivity contribution is -0.292. The van der Waals surface area contributed by atoms with Crippen LogP contribution in [0.25, 0.3) is 0 Å². The highest BCUT2D eigenvalue weighted by Gasteiger charge is 2.60. The smallest absolute Gasteiger partial charge is 0.367 e. The number of halogens is 2. The molecule has 1 aliphatic rings. The second kappa shape index (κ2) is 20.8. The third-order valence-corrected chi connectivity index (χ3v) is 9.40. The zero-order chi connectivity index (χ0) is 39.3. The van der Waals surface area contributed by atoms with Gasteiger partial charge in [0.1, 0.15) is 18.8 Å². The Labute approximate surface area is 324 Å². The number of carbonyl (C=O) groups excluding carboxylic acids is 6.